The number of fused-ring (bicyclic) bond motifs is 3. The highest BCUT2D eigenvalue weighted by molar-refractivity contribution is 9.10. The summed E-state index contributed by atoms with van der Waals surface area (Å²) in [6.07, 6.45) is 3.27. The molecule has 0 saturated heterocycles. The van der Waals surface area contributed by atoms with E-state index in [2.05, 4.69) is 96.5 Å². The predicted molar refractivity (Wildman–Crippen MR) is 117 cm³/mol. The Balaban J connectivity index is 2.09. The molecule has 1 aliphatic rings. The highest BCUT2D eigenvalue weighted by atomic mass is 79.9. The summed E-state index contributed by atoms with van der Waals surface area (Å²) < 4.78 is 6.67. The maximum absolute atomic E-state index is 5.56. The van der Waals surface area contributed by atoms with Gasteiger partial charge < -0.3 is 4.74 Å². The van der Waals surface area contributed by atoms with Gasteiger partial charge in [0, 0.05) is 9.89 Å². The van der Waals surface area contributed by atoms with Gasteiger partial charge in [-0.2, -0.15) is 0 Å². The second kappa shape index (κ2) is 7.01. The molecule has 0 bridgehead atoms. The summed E-state index contributed by atoms with van der Waals surface area (Å²) in [5, 5.41) is 0. The molecule has 1 nitrogen and oxygen atoms in total. The standard InChI is InChI=1S/C25H23BrO/c1-17(2)13-14-25(18-7-6-8-20(15-18)27-3)23-10-5-4-9-21(23)22-12-11-19(26)16-24(22)25/h4-13,15-16H,14H2,1-3H3. The van der Waals surface area contributed by atoms with Crippen LogP contribution in [0.1, 0.15) is 37.0 Å². The Kier molecular flexibility index (Phi) is 4.69. The van der Waals surface area contributed by atoms with Crippen LogP contribution in [0.3, 0.4) is 0 Å². The van der Waals surface area contributed by atoms with Crippen molar-refractivity contribution in [1.29, 1.82) is 0 Å². The number of methoxy groups -OCH3 is 1. The van der Waals surface area contributed by atoms with Crippen LogP contribution >= 0.6 is 15.9 Å². The molecule has 3 aromatic carbocycles. The molecule has 1 atom stereocenters. The number of hydrogen-bond acceptors (Lipinski definition) is 1. The lowest BCUT2D eigenvalue weighted by molar-refractivity contribution is 0.413. The molecule has 27 heavy (non-hydrogen) atoms. The Morgan fingerprint density at radius 1 is 0.926 bits per heavy atom. The van der Waals surface area contributed by atoms with Crippen LogP contribution in [-0.2, 0) is 5.41 Å². The van der Waals surface area contributed by atoms with Gasteiger partial charge in [-0.3, -0.25) is 0 Å². The first kappa shape index (κ1) is 18.1. The van der Waals surface area contributed by atoms with Crippen LogP contribution in [0.25, 0.3) is 11.1 Å². The molecule has 0 radical (unpaired) electrons. The van der Waals surface area contributed by atoms with Crippen LogP contribution in [0.4, 0.5) is 0 Å². The van der Waals surface area contributed by atoms with E-state index in [9.17, 15) is 0 Å². The van der Waals surface area contributed by atoms with Crippen molar-refractivity contribution in [2.45, 2.75) is 25.7 Å². The van der Waals surface area contributed by atoms with Crippen LogP contribution in [0, 0.1) is 0 Å². The lowest BCUT2D eigenvalue weighted by atomic mass is 9.70. The number of hydrogen-bond donors (Lipinski definition) is 0. The maximum Gasteiger partial charge on any atom is 0.119 e. The molecule has 0 saturated carbocycles. The van der Waals surface area contributed by atoms with E-state index in [1.807, 2.05) is 6.07 Å². The number of benzene rings is 3. The molecule has 3 aromatic rings. The Labute approximate surface area is 169 Å². The van der Waals surface area contributed by atoms with Crippen LogP contribution < -0.4 is 4.74 Å². The van der Waals surface area contributed by atoms with E-state index < -0.39 is 0 Å². The predicted octanol–water partition coefficient (Wildman–Crippen LogP) is 7.13. The monoisotopic (exact) mass is 418 g/mol. The molecule has 0 N–H and O–H groups in total. The van der Waals surface area contributed by atoms with Crippen molar-refractivity contribution < 1.29 is 4.74 Å². The van der Waals surface area contributed by atoms with Gasteiger partial charge in [-0.15, -0.1) is 0 Å². The Bertz CT molecular complexity index is 1030. The van der Waals surface area contributed by atoms with E-state index in [-0.39, 0.29) is 5.41 Å². The van der Waals surface area contributed by atoms with Crippen LogP contribution in [-0.4, -0.2) is 7.11 Å². The van der Waals surface area contributed by atoms with Crippen molar-refractivity contribution in [3.8, 4) is 16.9 Å². The first-order valence-electron chi connectivity index (χ1n) is 9.24. The molecule has 0 heterocycles. The van der Waals surface area contributed by atoms with Crippen LogP contribution in [0.2, 0.25) is 0 Å². The highest BCUT2D eigenvalue weighted by Crippen LogP contribution is 2.55. The number of ether oxygens (including phenoxy) is 1. The molecule has 1 aliphatic carbocycles. The molecular formula is C25H23BrO. The molecule has 0 spiro atoms. The number of halogens is 1. The fraction of sp³-hybridized carbons (Fsp3) is 0.200. The molecule has 1 unspecified atom stereocenters. The van der Waals surface area contributed by atoms with Gasteiger partial charge in [-0.05, 0) is 72.4 Å². The van der Waals surface area contributed by atoms with Crippen LogP contribution in [0.5, 0.6) is 5.75 Å². The topological polar surface area (TPSA) is 9.23 Å². The van der Waals surface area contributed by atoms with Crippen LogP contribution in [0.15, 0.2) is 82.9 Å². The van der Waals surface area contributed by atoms with E-state index >= 15 is 0 Å². The third-order valence-electron chi connectivity index (χ3n) is 5.50. The molecule has 4 rings (SSSR count). The summed E-state index contributed by atoms with van der Waals surface area (Å²) in [6.45, 7) is 4.34. The maximum atomic E-state index is 5.56. The van der Waals surface area contributed by atoms with Crippen molar-refractivity contribution in [3.63, 3.8) is 0 Å². The van der Waals surface area contributed by atoms with Crippen molar-refractivity contribution in [1.82, 2.24) is 0 Å². The minimum atomic E-state index is -0.221. The second-order valence-corrected chi connectivity index (χ2v) is 8.27. The zero-order chi connectivity index (χ0) is 19.0. The fourth-order valence-corrected chi connectivity index (χ4v) is 4.60. The summed E-state index contributed by atoms with van der Waals surface area (Å²) in [5.41, 5.74) is 7.74. The van der Waals surface area contributed by atoms with Crippen molar-refractivity contribution in [3.05, 3.63) is 99.5 Å². The summed E-state index contributed by atoms with van der Waals surface area (Å²) in [5.74, 6) is 0.894. The zero-order valence-electron chi connectivity index (χ0n) is 15.9. The van der Waals surface area contributed by atoms with Gasteiger partial charge >= 0.3 is 0 Å². The lowest BCUT2D eigenvalue weighted by Gasteiger charge is -2.32. The zero-order valence-corrected chi connectivity index (χ0v) is 17.5. The lowest BCUT2D eigenvalue weighted by Crippen LogP contribution is -2.26. The first-order valence-corrected chi connectivity index (χ1v) is 10.0. The van der Waals surface area contributed by atoms with E-state index in [1.165, 1.54) is 33.4 Å². The molecule has 0 amide bonds. The van der Waals surface area contributed by atoms with Gasteiger partial charge in [0.05, 0.1) is 7.11 Å². The Morgan fingerprint density at radius 3 is 2.48 bits per heavy atom. The molecule has 0 fully saturated rings. The Morgan fingerprint density at radius 2 is 1.70 bits per heavy atom. The van der Waals surface area contributed by atoms with E-state index in [0.29, 0.717) is 0 Å². The average Bonchev–Trinajstić information content (AvgIpc) is 2.96. The molecule has 0 aliphatic heterocycles. The van der Waals surface area contributed by atoms with Gasteiger partial charge in [-0.25, -0.2) is 0 Å². The minimum Gasteiger partial charge on any atom is -0.497 e. The summed E-state index contributed by atoms with van der Waals surface area (Å²) in [7, 11) is 1.73. The second-order valence-electron chi connectivity index (χ2n) is 7.36. The molecule has 2 heteroatoms. The fourth-order valence-electron chi connectivity index (χ4n) is 4.23. The summed E-state index contributed by atoms with van der Waals surface area (Å²) >= 11 is 3.70. The quantitative estimate of drug-likeness (QED) is 0.409. The van der Waals surface area contributed by atoms with Gasteiger partial charge in [0.15, 0.2) is 0 Å². The van der Waals surface area contributed by atoms with Gasteiger partial charge in [0.25, 0.3) is 0 Å². The van der Waals surface area contributed by atoms with E-state index in [0.717, 1.165) is 16.6 Å². The summed E-state index contributed by atoms with van der Waals surface area (Å²) in [6, 6.07) is 24.0. The number of rotatable bonds is 4. The molecule has 136 valence electrons. The smallest absolute Gasteiger partial charge is 0.119 e. The average molecular weight is 419 g/mol. The first-order chi connectivity index (χ1) is 13.1. The highest BCUT2D eigenvalue weighted by Gasteiger charge is 2.44. The SMILES string of the molecule is COc1cccc(C2(CC=C(C)C)c3ccccc3-c3ccc(Br)cc32)c1. The van der Waals surface area contributed by atoms with Gasteiger partial charge in [0.2, 0.25) is 0 Å². The Hall–Kier alpha value is -2.32. The van der Waals surface area contributed by atoms with Gasteiger partial charge in [0.1, 0.15) is 5.75 Å². The van der Waals surface area contributed by atoms with Gasteiger partial charge in [-0.1, -0.05) is 70.0 Å². The molecular weight excluding hydrogens is 396 g/mol. The van der Waals surface area contributed by atoms with Crippen molar-refractivity contribution in [2.24, 2.45) is 0 Å². The summed E-state index contributed by atoms with van der Waals surface area (Å²) in [4.78, 5) is 0. The molecule has 0 aromatic heterocycles. The van der Waals surface area contributed by atoms with E-state index in [1.54, 1.807) is 7.11 Å². The third kappa shape index (κ3) is 2.93. The van der Waals surface area contributed by atoms with Crippen molar-refractivity contribution >= 4 is 15.9 Å². The minimum absolute atomic E-state index is 0.221. The van der Waals surface area contributed by atoms with Crippen molar-refractivity contribution in [2.75, 3.05) is 7.11 Å². The van der Waals surface area contributed by atoms with E-state index in [4.69, 9.17) is 4.74 Å². The normalized spacial score (nSPS) is 17.2. The third-order valence-corrected chi connectivity index (χ3v) is 5.99. The number of allylic oxidation sites excluding steroid dienone is 2. The largest absolute Gasteiger partial charge is 0.497 e.